The van der Waals surface area contributed by atoms with Crippen LogP contribution in [-0.2, 0) is 5.41 Å². The Balaban J connectivity index is 1.12. The fraction of sp³-hybridized carbons (Fsp3) is 0.0652. The van der Waals surface area contributed by atoms with Crippen LogP contribution in [0.3, 0.4) is 0 Å². The van der Waals surface area contributed by atoms with Crippen LogP contribution in [0, 0.1) is 0 Å². The molecule has 4 heteroatoms. The zero-order chi connectivity index (χ0) is 33.4. The molecule has 1 aliphatic carbocycles. The van der Waals surface area contributed by atoms with E-state index in [-0.39, 0.29) is 5.41 Å². The Morgan fingerprint density at radius 3 is 1.90 bits per heavy atom. The highest BCUT2D eigenvalue weighted by Gasteiger charge is 2.35. The van der Waals surface area contributed by atoms with E-state index in [1.165, 1.54) is 58.8 Å². The van der Waals surface area contributed by atoms with Crippen LogP contribution in [-0.4, -0.2) is 15.0 Å². The normalized spacial score (nSPS) is 13.2. The maximum Gasteiger partial charge on any atom is 0.164 e. The van der Waals surface area contributed by atoms with E-state index in [0.29, 0.717) is 17.5 Å². The zero-order valence-electron chi connectivity index (χ0n) is 27.7. The molecule has 9 aromatic rings. The first-order valence-corrected chi connectivity index (χ1v) is 17.8. The van der Waals surface area contributed by atoms with Crippen LogP contribution in [0.25, 0.3) is 87.4 Å². The van der Waals surface area contributed by atoms with Crippen molar-refractivity contribution < 1.29 is 0 Å². The number of benzene rings is 7. The van der Waals surface area contributed by atoms with Gasteiger partial charge in [0.2, 0.25) is 0 Å². The summed E-state index contributed by atoms with van der Waals surface area (Å²) in [6.07, 6.45) is 0. The number of hydrogen-bond acceptors (Lipinski definition) is 4. The van der Waals surface area contributed by atoms with Crippen molar-refractivity contribution in [1.82, 2.24) is 15.0 Å². The molecule has 0 spiro atoms. The summed E-state index contributed by atoms with van der Waals surface area (Å²) in [7, 11) is 0. The molecule has 50 heavy (non-hydrogen) atoms. The van der Waals surface area contributed by atoms with Gasteiger partial charge >= 0.3 is 0 Å². The van der Waals surface area contributed by atoms with E-state index in [2.05, 4.69) is 147 Å². The van der Waals surface area contributed by atoms with E-state index >= 15 is 0 Å². The van der Waals surface area contributed by atoms with Crippen LogP contribution in [0.15, 0.2) is 152 Å². The number of fused-ring (bicyclic) bond motifs is 7. The second kappa shape index (κ2) is 11.0. The minimum atomic E-state index is -0.0664. The van der Waals surface area contributed by atoms with E-state index in [1.807, 2.05) is 18.2 Å². The molecule has 10 rings (SSSR count). The first-order chi connectivity index (χ1) is 24.5. The maximum absolute atomic E-state index is 5.13. The SMILES string of the molecule is CC1(C)c2ccccc2-c2cc3cccc(-c4cccc(-c5nc(-c6ccccc6)nc(-c6ccc7c(c6)sc6ccccc67)n5)c4)c3cc21. The van der Waals surface area contributed by atoms with Gasteiger partial charge < -0.3 is 0 Å². The van der Waals surface area contributed by atoms with Gasteiger partial charge in [0.1, 0.15) is 0 Å². The first kappa shape index (κ1) is 29.0. The molecule has 7 aromatic carbocycles. The fourth-order valence-corrected chi connectivity index (χ4v) is 8.91. The molecule has 0 amide bonds. The molecule has 0 saturated heterocycles. The smallest absolute Gasteiger partial charge is 0.164 e. The molecule has 0 aliphatic heterocycles. The monoisotopic (exact) mass is 657 g/mol. The summed E-state index contributed by atoms with van der Waals surface area (Å²) in [5.74, 6) is 1.99. The maximum atomic E-state index is 5.13. The van der Waals surface area contributed by atoms with E-state index < -0.39 is 0 Å². The highest BCUT2D eigenvalue weighted by Crippen LogP contribution is 2.50. The minimum Gasteiger partial charge on any atom is -0.208 e. The van der Waals surface area contributed by atoms with Gasteiger partial charge in [-0.2, -0.15) is 0 Å². The molecule has 0 radical (unpaired) electrons. The Morgan fingerprint density at radius 1 is 0.400 bits per heavy atom. The summed E-state index contributed by atoms with van der Waals surface area (Å²) in [5.41, 5.74) is 10.6. The molecule has 0 saturated carbocycles. The van der Waals surface area contributed by atoms with Gasteiger partial charge in [-0.25, -0.2) is 15.0 Å². The van der Waals surface area contributed by atoms with E-state index in [1.54, 1.807) is 11.3 Å². The third-order valence-electron chi connectivity index (χ3n) is 10.3. The van der Waals surface area contributed by atoms with Crippen LogP contribution < -0.4 is 0 Å². The van der Waals surface area contributed by atoms with Crippen molar-refractivity contribution in [3.8, 4) is 56.4 Å². The Kier molecular flexibility index (Phi) is 6.39. The van der Waals surface area contributed by atoms with Crippen molar-refractivity contribution in [2.45, 2.75) is 19.3 Å². The summed E-state index contributed by atoms with van der Waals surface area (Å²) in [6, 6.07) is 54.2. The highest BCUT2D eigenvalue weighted by molar-refractivity contribution is 7.25. The number of aromatic nitrogens is 3. The lowest BCUT2D eigenvalue weighted by atomic mass is 9.81. The average molecular weight is 658 g/mol. The predicted octanol–water partition coefficient (Wildman–Crippen LogP) is 12.4. The molecule has 0 unspecified atom stereocenters. The van der Waals surface area contributed by atoms with Gasteiger partial charge in [0.05, 0.1) is 0 Å². The summed E-state index contributed by atoms with van der Waals surface area (Å²) >= 11 is 1.80. The standard InChI is InChI=1S/C46H31N3S/c1-46(2)39-20-8-6-17-34(39)38-25-30-15-11-19-33(37(30)27-40(38)46)29-14-10-16-31(24-29)44-47-43(28-12-4-3-5-13-28)48-45(49-44)32-22-23-36-35-18-7-9-21-41(35)50-42(36)26-32/h3-27H,1-2H3. The lowest BCUT2D eigenvalue weighted by Gasteiger charge is -2.22. The third kappa shape index (κ3) is 4.53. The molecule has 0 atom stereocenters. The van der Waals surface area contributed by atoms with Crippen LogP contribution in [0.4, 0.5) is 0 Å². The molecule has 0 N–H and O–H groups in total. The largest absolute Gasteiger partial charge is 0.208 e. The fourth-order valence-electron chi connectivity index (χ4n) is 7.77. The summed E-state index contributed by atoms with van der Waals surface area (Å²) in [6.45, 7) is 4.68. The van der Waals surface area contributed by atoms with Gasteiger partial charge in [-0.3, -0.25) is 0 Å². The Bertz CT molecular complexity index is 2790. The van der Waals surface area contributed by atoms with Crippen LogP contribution >= 0.6 is 11.3 Å². The minimum absolute atomic E-state index is 0.0664. The van der Waals surface area contributed by atoms with Crippen molar-refractivity contribution in [3.05, 3.63) is 163 Å². The highest BCUT2D eigenvalue weighted by atomic mass is 32.1. The molecular formula is C46H31N3S. The van der Waals surface area contributed by atoms with Crippen molar-refractivity contribution >= 4 is 42.3 Å². The van der Waals surface area contributed by atoms with Crippen molar-refractivity contribution in [2.24, 2.45) is 0 Å². The van der Waals surface area contributed by atoms with Crippen LogP contribution in [0.2, 0.25) is 0 Å². The Labute approximate surface area is 294 Å². The van der Waals surface area contributed by atoms with Gasteiger partial charge in [0.15, 0.2) is 17.5 Å². The van der Waals surface area contributed by atoms with Gasteiger partial charge in [-0.15, -0.1) is 11.3 Å². The summed E-state index contributed by atoms with van der Waals surface area (Å²) in [4.78, 5) is 15.2. The van der Waals surface area contributed by atoms with E-state index in [4.69, 9.17) is 15.0 Å². The number of hydrogen-bond donors (Lipinski definition) is 0. The zero-order valence-corrected chi connectivity index (χ0v) is 28.5. The van der Waals surface area contributed by atoms with Gasteiger partial charge in [-0.05, 0) is 74.5 Å². The molecule has 3 nitrogen and oxygen atoms in total. The quantitative estimate of drug-likeness (QED) is 0.189. The van der Waals surface area contributed by atoms with Gasteiger partial charge in [0, 0.05) is 42.3 Å². The lowest BCUT2D eigenvalue weighted by Crippen LogP contribution is -2.14. The van der Waals surface area contributed by atoms with Gasteiger partial charge in [-0.1, -0.05) is 135 Å². The number of rotatable bonds is 4. The topological polar surface area (TPSA) is 38.7 Å². The number of nitrogens with zero attached hydrogens (tertiary/aromatic N) is 3. The molecule has 0 fully saturated rings. The van der Waals surface area contributed by atoms with Crippen molar-refractivity contribution in [1.29, 1.82) is 0 Å². The van der Waals surface area contributed by atoms with Gasteiger partial charge in [0.25, 0.3) is 0 Å². The number of thiophene rings is 1. The molecule has 236 valence electrons. The Morgan fingerprint density at radius 2 is 1.04 bits per heavy atom. The summed E-state index contributed by atoms with van der Waals surface area (Å²) < 4.78 is 2.51. The van der Waals surface area contributed by atoms with E-state index in [9.17, 15) is 0 Å². The molecule has 0 bridgehead atoms. The lowest BCUT2D eigenvalue weighted by molar-refractivity contribution is 0.661. The van der Waals surface area contributed by atoms with Crippen LogP contribution in [0.1, 0.15) is 25.0 Å². The second-order valence-electron chi connectivity index (χ2n) is 13.7. The Hall–Kier alpha value is -5.97. The second-order valence-corrected chi connectivity index (χ2v) is 14.7. The van der Waals surface area contributed by atoms with Crippen LogP contribution in [0.5, 0.6) is 0 Å². The molecule has 2 heterocycles. The third-order valence-corrected chi connectivity index (χ3v) is 11.5. The van der Waals surface area contributed by atoms with Crippen molar-refractivity contribution in [2.75, 3.05) is 0 Å². The average Bonchev–Trinajstić information content (AvgIpc) is 3.65. The van der Waals surface area contributed by atoms with E-state index in [0.717, 1.165) is 22.3 Å². The van der Waals surface area contributed by atoms with Crippen molar-refractivity contribution in [3.63, 3.8) is 0 Å². The molecule has 2 aromatic heterocycles. The molecule has 1 aliphatic rings. The molecular weight excluding hydrogens is 627 g/mol. The summed E-state index contributed by atoms with van der Waals surface area (Å²) in [5, 5.41) is 5.03. The first-order valence-electron chi connectivity index (χ1n) is 17.0. The predicted molar refractivity (Wildman–Crippen MR) is 210 cm³/mol.